The molecule has 0 bridgehead atoms. The summed E-state index contributed by atoms with van der Waals surface area (Å²) in [5.74, 6) is 0.228. The maximum Gasteiger partial charge on any atom is 0.225 e. The summed E-state index contributed by atoms with van der Waals surface area (Å²) in [6.45, 7) is 6.51. The van der Waals surface area contributed by atoms with Crippen molar-refractivity contribution in [2.75, 3.05) is 32.8 Å². The third kappa shape index (κ3) is 2.82. The lowest BCUT2D eigenvalue weighted by Gasteiger charge is -2.44. The number of hydrogen-bond donors (Lipinski definition) is 0. The highest BCUT2D eigenvalue weighted by atomic mass is 16.5. The van der Waals surface area contributed by atoms with Crippen molar-refractivity contribution in [3.8, 4) is 0 Å². The summed E-state index contributed by atoms with van der Waals surface area (Å²) in [5, 5.41) is 11.7. The van der Waals surface area contributed by atoms with Gasteiger partial charge in [0.25, 0.3) is 0 Å². The summed E-state index contributed by atoms with van der Waals surface area (Å²) in [6, 6.07) is 0.821. The summed E-state index contributed by atoms with van der Waals surface area (Å²) in [5.41, 5.74) is -0.342. The molecule has 3 aliphatic heterocycles. The molecule has 132 valence electrons. The van der Waals surface area contributed by atoms with Crippen LogP contribution in [0.4, 0.5) is 0 Å². The van der Waals surface area contributed by atoms with Crippen molar-refractivity contribution >= 4 is 5.91 Å². The molecule has 2 unspecified atom stereocenters. The van der Waals surface area contributed by atoms with Gasteiger partial charge in [0.2, 0.25) is 5.91 Å². The number of ether oxygens (including phenoxy) is 1. The Hall–Kier alpha value is -1.54. The van der Waals surface area contributed by atoms with Crippen LogP contribution in [0.25, 0.3) is 0 Å². The molecule has 3 aliphatic rings. The number of carbonyl (C=O) groups is 1. The van der Waals surface area contributed by atoms with Crippen LogP contribution in [0.15, 0.2) is 6.33 Å². The summed E-state index contributed by atoms with van der Waals surface area (Å²) >= 11 is 0. The Kier molecular flexibility index (Phi) is 4.26. The number of nitrogens with zero attached hydrogens (tertiary/aromatic N) is 6. The van der Waals surface area contributed by atoms with Crippen LogP contribution in [0.1, 0.15) is 39.0 Å². The minimum absolute atomic E-state index is 0.228. The van der Waals surface area contributed by atoms with Crippen LogP contribution in [0.5, 0.6) is 0 Å². The zero-order valence-electron chi connectivity index (χ0n) is 14.3. The van der Waals surface area contributed by atoms with Gasteiger partial charge < -0.3 is 9.64 Å². The van der Waals surface area contributed by atoms with E-state index in [2.05, 4.69) is 32.2 Å². The minimum atomic E-state index is -0.342. The van der Waals surface area contributed by atoms with E-state index in [1.807, 2.05) is 0 Å². The van der Waals surface area contributed by atoms with Gasteiger partial charge in [-0.1, -0.05) is 0 Å². The first-order valence-electron chi connectivity index (χ1n) is 9.03. The van der Waals surface area contributed by atoms with Gasteiger partial charge in [-0.2, -0.15) is 0 Å². The van der Waals surface area contributed by atoms with E-state index in [-0.39, 0.29) is 17.5 Å². The number of piperazine rings is 1. The first-order valence-corrected chi connectivity index (χ1v) is 9.03. The molecule has 4 heterocycles. The predicted octanol–water partition coefficient (Wildman–Crippen LogP) is 0.264. The molecule has 0 radical (unpaired) electrons. The standard InChI is InChI=1S/C16H26N6O2/c1-13-10-20-6-2-3-14(20)11-21(13)15(23)9-16(4-7-24-8-5-16)22-12-17-18-19-22/h12-14H,2-11H2,1H3. The number of carbonyl (C=O) groups excluding carboxylic acids is 1. The van der Waals surface area contributed by atoms with Gasteiger partial charge in [0.05, 0.1) is 12.0 Å². The summed E-state index contributed by atoms with van der Waals surface area (Å²) in [6.07, 6.45) is 6.12. The Morgan fingerprint density at radius 2 is 2.17 bits per heavy atom. The first kappa shape index (κ1) is 16.0. The number of hydrogen-bond acceptors (Lipinski definition) is 6. The average molecular weight is 334 g/mol. The minimum Gasteiger partial charge on any atom is -0.381 e. The van der Waals surface area contributed by atoms with Gasteiger partial charge in [0.15, 0.2) is 0 Å². The molecule has 4 rings (SSSR count). The Labute approximate surface area is 142 Å². The number of amides is 1. The molecule has 0 aliphatic carbocycles. The smallest absolute Gasteiger partial charge is 0.225 e. The van der Waals surface area contributed by atoms with Crippen molar-refractivity contribution in [3.63, 3.8) is 0 Å². The Balaban J connectivity index is 1.51. The maximum atomic E-state index is 13.2. The van der Waals surface area contributed by atoms with Crippen molar-refractivity contribution in [2.24, 2.45) is 0 Å². The Bertz CT molecular complexity index is 571. The summed E-state index contributed by atoms with van der Waals surface area (Å²) < 4.78 is 7.30. The van der Waals surface area contributed by atoms with E-state index in [9.17, 15) is 4.79 Å². The van der Waals surface area contributed by atoms with Gasteiger partial charge in [-0.3, -0.25) is 9.69 Å². The van der Waals surface area contributed by atoms with E-state index in [0.29, 0.717) is 25.7 Å². The quantitative estimate of drug-likeness (QED) is 0.789. The normalized spacial score (nSPS) is 30.3. The van der Waals surface area contributed by atoms with E-state index in [1.165, 1.54) is 19.4 Å². The van der Waals surface area contributed by atoms with E-state index in [4.69, 9.17) is 4.74 Å². The fraction of sp³-hybridized carbons (Fsp3) is 0.875. The average Bonchev–Trinajstić information content (AvgIpc) is 3.26. The van der Waals surface area contributed by atoms with Gasteiger partial charge in [0.1, 0.15) is 6.33 Å². The molecule has 1 aromatic heterocycles. The Morgan fingerprint density at radius 1 is 1.33 bits per heavy atom. The fourth-order valence-electron chi connectivity index (χ4n) is 4.53. The summed E-state index contributed by atoms with van der Waals surface area (Å²) in [4.78, 5) is 17.8. The second-order valence-electron chi connectivity index (χ2n) is 7.45. The molecule has 8 nitrogen and oxygen atoms in total. The molecule has 0 spiro atoms. The third-order valence-corrected chi connectivity index (χ3v) is 6.00. The van der Waals surface area contributed by atoms with Crippen molar-refractivity contribution in [1.82, 2.24) is 30.0 Å². The lowest BCUT2D eigenvalue weighted by molar-refractivity contribution is -0.140. The topological polar surface area (TPSA) is 76.4 Å². The van der Waals surface area contributed by atoms with Gasteiger partial charge in [-0.05, 0) is 49.6 Å². The monoisotopic (exact) mass is 334 g/mol. The van der Waals surface area contributed by atoms with E-state index < -0.39 is 0 Å². The molecule has 1 aromatic rings. The molecule has 0 saturated carbocycles. The first-order chi connectivity index (χ1) is 11.7. The predicted molar refractivity (Wildman–Crippen MR) is 86.2 cm³/mol. The second-order valence-corrected chi connectivity index (χ2v) is 7.45. The molecule has 2 atom stereocenters. The molecular formula is C16H26N6O2. The van der Waals surface area contributed by atoms with Crippen LogP contribution in [-0.2, 0) is 15.1 Å². The van der Waals surface area contributed by atoms with Crippen LogP contribution in [-0.4, -0.2) is 80.8 Å². The number of rotatable bonds is 3. The molecule has 3 saturated heterocycles. The van der Waals surface area contributed by atoms with E-state index in [1.54, 1.807) is 11.0 Å². The highest BCUT2D eigenvalue weighted by Crippen LogP contribution is 2.34. The highest BCUT2D eigenvalue weighted by molar-refractivity contribution is 5.77. The molecule has 24 heavy (non-hydrogen) atoms. The molecule has 0 N–H and O–H groups in total. The zero-order chi connectivity index (χ0) is 16.6. The van der Waals surface area contributed by atoms with Gasteiger partial charge in [-0.15, -0.1) is 5.10 Å². The van der Waals surface area contributed by atoms with Gasteiger partial charge in [-0.25, -0.2) is 4.68 Å². The lowest BCUT2D eigenvalue weighted by atomic mass is 9.86. The lowest BCUT2D eigenvalue weighted by Crippen LogP contribution is -2.58. The van der Waals surface area contributed by atoms with Crippen LogP contribution in [0, 0.1) is 0 Å². The SMILES string of the molecule is CC1CN2CCCC2CN1C(=O)CC1(n2cnnn2)CCOCC1. The Morgan fingerprint density at radius 3 is 2.92 bits per heavy atom. The van der Waals surface area contributed by atoms with Crippen LogP contribution in [0.2, 0.25) is 0 Å². The van der Waals surface area contributed by atoms with Crippen LogP contribution < -0.4 is 0 Å². The van der Waals surface area contributed by atoms with Gasteiger partial charge >= 0.3 is 0 Å². The summed E-state index contributed by atoms with van der Waals surface area (Å²) in [7, 11) is 0. The van der Waals surface area contributed by atoms with Crippen molar-refractivity contribution in [2.45, 2.75) is 56.7 Å². The second kappa shape index (κ2) is 6.40. The molecule has 0 aromatic carbocycles. The highest BCUT2D eigenvalue weighted by Gasteiger charge is 2.42. The molecular weight excluding hydrogens is 308 g/mol. The van der Waals surface area contributed by atoms with Gasteiger partial charge in [0, 0.05) is 38.4 Å². The molecule has 1 amide bonds. The van der Waals surface area contributed by atoms with Crippen molar-refractivity contribution in [3.05, 3.63) is 6.33 Å². The largest absolute Gasteiger partial charge is 0.381 e. The van der Waals surface area contributed by atoms with E-state index in [0.717, 1.165) is 25.9 Å². The number of aromatic nitrogens is 4. The number of fused-ring (bicyclic) bond motifs is 1. The molecule has 8 heteroatoms. The fourth-order valence-corrected chi connectivity index (χ4v) is 4.53. The van der Waals surface area contributed by atoms with Crippen LogP contribution in [0.3, 0.4) is 0 Å². The molecule has 3 fully saturated rings. The van der Waals surface area contributed by atoms with Crippen molar-refractivity contribution < 1.29 is 9.53 Å². The zero-order valence-corrected chi connectivity index (χ0v) is 14.3. The van der Waals surface area contributed by atoms with E-state index >= 15 is 0 Å². The number of tetrazole rings is 1. The maximum absolute atomic E-state index is 13.2. The van der Waals surface area contributed by atoms with Crippen LogP contribution >= 0.6 is 0 Å². The third-order valence-electron chi connectivity index (χ3n) is 6.00. The van der Waals surface area contributed by atoms with Crippen molar-refractivity contribution in [1.29, 1.82) is 0 Å².